The summed E-state index contributed by atoms with van der Waals surface area (Å²) in [7, 11) is 2.15. The van der Waals surface area contributed by atoms with Crippen molar-refractivity contribution in [1.29, 1.82) is 0 Å². The van der Waals surface area contributed by atoms with E-state index in [1.165, 1.54) is 25.9 Å². The van der Waals surface area contributed by atoms with Gasteiger partial charge in [0.15, 0.2) is 17.3 Å². The number of nitrogens with one attached hydrogen (secondary N) is 2. The van der Waals surface area contributed by atoms with Crippen molar-refractivity contribution in [1.82, 2.24) is 44.9 Å². The largest absolute Gasteiger partial charge is 0.491 e. The maximum absolute atomic E-state index is 6.03. The second-order valence-electron chi connectivity index (χ2n) is 10.4. The van der Waals surface area contributed by atoms with Gasteiger partial charge < -0.3 is 19.5 Å². The Balaban J connectivity index is 1.17. The van der Waals surface area contributed by atoms with Crippen molar-refractivity contribution in [2.24, 2.45) is 0 Å². The molecule has 0 unspecified atom stereocenters. The smallest absolute Gasteiger partial charge is 0.181 e. The molecule has 5 aromatic rings. The Kier molecular flexibility index (Phi) is 6.29. The zero-order chi connectivity index (χ0) is 26.2. The first-order valence-electron chi connectivity index (χ1n) is 13.6. The molecule has 7 rings (SSSR count). The third-order valence-corrected chi connectivity index (χ3v) is 7.75. The number of H-pyrrole nitrogens is 2. The maximum atomic E-state index is 6.03. The Morgan fingerprint density at radius 3 is 2.67 bits per heavy atom. The minimum Gasteiger partial charge on any atom is -0.491 e. The summed E-state index contributed by atoms with van der Waals surface area (Å²) >= 11 is 0. The predicted octanol–water partition coefficient (Wildman–Crippen LogP) is 3.18. The fourth-order valence-corrected chi connectivity index (χ4v) is 5.48. The Bertz CT molecular complexity index is 1600. The first-order chi connectivity index (χ1) is 19.2. The van der Waals surface area contributed by atoms with Crippen LogP contribution in [0.4, 0.5) is 5.82 Å². The molecule has 0 aromatic carbocycles. The number of rotatable bonds is 7. The summed E-state index contributed by atoms with van der Waals surface area (Å²) in [6, 6.07) is 6.07. The van der Waals surface area contributed by atoms with Gasteiger partial charge in [-0.05, 0) is 51.2 Å². The topological polar surface area (TPSA) is 115 Å². The predicted molar refractivity (Wildman–Crippen MR) is 151 cm³/mol. The number of likely N-dealkylation sites (tertiary alicyclic amines) is 1. The van der Waals surface area contributed by atoms with Crippen molar-refractivity contribution in [2.75, 3.05) is 64.4 Å². The van der Waals surface area contributed by atoms with E-state index in [0.29, 0.717) is 18.1 Å². The van der Waals surface area contributed by atoms with E-state index in [1.807, 2.05) is 30.7 Å². The van der Waals surface area contributed by atoms with Gasteiger partial charge in [0.2, 0.25) is 0 Å². The van der Waals surface area contributed by atoms with Gasteiger partial charge in [-0.25, -0.2) is 15.0 Å². The van der Waals surface area contributed by atoms with Crippen molar-refractivity contribution < 1.29 is 4.74 Å². The minimum absolute atomic E-state index is 0.637. The highest BCUT2D eigenvalue weighted by molar-refractivity contribution is 5.95. The van der Waals surface area contributed by atoms with Gasteiger partial charge in [-0.2, -0.15) is 5.10 Å². The number of pyridine rings is 3. The van der Waals surface area contributed by atoms with Crippen LogP contribution in [0.5, 0.6) is 5.75 Å². The summed E-state index contributed by atoms with van der Waals surface area (Å²) in [6.07, 6.45) is 9.84. The molecule has 2 N–H and O–H groups in total. The van der Waals surface area contributed by atoms with Crippen LogP contribution in [0.3, 0.4) is 0 Å². The molecule has 0 atom stereocenters. The lowest BCUT2D eigenvalue weighted by Gasteiger charge is -2.33. The van der Waals surface area contributed by atoms with Crippen LogP contribution < -0.4 is 9.64 Å². The lowest BCUT2D eigenvalue weighted by molar-refractivity contribution is 0.237. The maximum Gasteiger partial charge on any atom is 0.181 e. The standard InChI is InChI=1S/C28H32N10O/c1-36-8-10-38(11-9-36)28-25-23(4-5-30-28)32-27(33-25)24-22-15-20(17-31-26(22)35-34-24)19-14-21(18-29-16-19)39-13-12-37-6-2-3-7-37/h4-5,14-18H,2-3,6-13H2,1H3,(H,32,33)(H,31,34,35). The molecule has 2 fully saturated rings. The van der Waals surface area contributed by atoms with Crippen molar-refractivity contribution in [2.45, 2.75) is 12.8 Å². The Labute approximate surface area is 226 Å². The summed E-state index contributed by atoms with van der Waals surface area (Å²) in [5.74, 6) is 2.39. The molecule has 0 amide bonds. The number of ether oxygens (including phenoxy) is 1. The first kappa shape index (κ1) is 24.0. The molecule has 0 saturated carbocycles. The zero-order valence-corrected chi connectivity index (χ0v) is 22.1. The average molecular weight is 525 g/mol. The van der Waals surface area contributed by atoms with Crippen LogP contribution in [0.25, 0.3) is 44.7 Å². The Morgan fingerprint density at radius 1 is 0.949 bits per heavy atom. The molecule has 11 heteroatoms. The van der Waals surface area contributed by atoms with Crippen molar-refractivity contribution in [3.05, 3.63) is 43.0 Å². The zero-order valence-electron chi connectivity index (χ0n) is 22.1. The summed E-state index contributed by atoms with van der Waals surface area (Å²) in [5.41, 5.74) is 5.14. The van der Waals surface area contributed by atoms with E-state index in [-0.39, 0.29) is 0 Å². The highest BCUT2D eigenvalue weighted by atomic mass is 16.5. The van der Waals surface area contributed by atoms with Crippen molar-refractivity contribution >= 4 is 27.9 Å². The van der Waals surface area contributed by atoms with Gasteiger partial charge in [0, 0.05) is 62.4 Å². The van der Waals surface area contributed by atoms with Crippen LogP contribution in [0.15, 0.2) is 43.0 Å². The number of aromatic nitrogens is 7. The van der Waals surface area contributed by atoms with E-state index in [9.17, 15) is 0 Å². The van der Waals surface area contributed by atoms with Crippen LogP contribution in [0, 0.1) is 0 Å². The van der Waals surface area contributed by atoms with E-state index >= 15 is 0 Å². The number of imidazole rings is 1. The molecule has 0 bridgehead atoms. The Morgan fingerprint density at radius 2 is 1.79 bits per heavy atom. The van der Waals surface area contributed by atoms with E-state index in [4.69, 9.17) is 9.72 Å². The molecular formula is C28H32N10O. The molecule has 7 heterocycles. The fraction of sp³-hybridized carbons (Fsp3) is 0.393. The number of fused-ring (bicyclic) bond motifs is 2. The van der Waals surface area contributed by atoms with Gasteiger partial charge in [-0.1, -0.05) is 0 Å². The van der Waals surface area contributed by atoms with Crippen molar-refractivity contribution in [3.8, 4) is 28.4 Å². The third-order valence-electron chi connectivity index (χ3n) is 7.75. The van der Waals surface area contributed by atoms with Crippen LogP contribution in [0.2, 0.25) is 0 Å². The summed E-state index contributed by atoms with van der Waals surface area (Å²) in [5, 5.41) is 8.48. The normalized spacial score (nSPS) is 17.0. The van der Waals surface area contributed by atoms with Gasteiger partial charge in [0.1, 0.15) is 23.6 Å². The lowest BCUT2D eigenvalue weighted by atomic mass is 10.1. The van der Waals surface area contributed by atoms with Crippen molar-refractivity contribution in [3.63, 3.8) is 0 Å². The second kappa shape index (κ2) is 10.2. The number of anilines is 1. The second-order valence-corrected chi connectivity index (χ2v) is 10.4. The van der Waals surface area contributed by atoms with E-state index in [2.05, 4.69) is 57.9 Å². The molecule has 2 aliphatic heterocycles. The third kappa shape index (κ3) is 4.79. The molecule has 0 aliphatic carbocycles. The van der Waals surface area contributed by atoms with Gasteiger partial charge in [0.05, 0.1) is 17.1 Å². The number of likely N-dealkylation sites (N-methyl/N-ethyl adjacent to an activating group) is 1. The molecule has 2 saturated heterocycles. The fourth-order valence-electron chi connectivity index (χ4n) is 5.48. The van der Waals surface area contributed by atoms with Gasteiger partial charge >= 0.3 is 0 Å². The van der Waals surface area contributed by atoms with Crippen LogP contribution in [0.1, 0.15) is 12.8 Å². The van der Waals surface area contributed by atoms with E-state index in [1.54, 1.807) is 6.20 Å². The Hall–Kier alpha value is -4.09. The van der Waals surface area contributed by atoms with Gasteiger partial charge in [0.25, 0.3) is 0 Å². The summed E-state index contributed by atoms with van der Waals surface area (Å²) in [4.78, 5) is 29.3. The highest BCUT2D eigenvalue weighted by Crippen LogP contribution is 2.32. The molecular weight excluding hydrogens is 492 g/mol. The number of hydrogen-bond acceptors (Lipinski definition) is 9. The molecule has 0 spiro atoms. The number of hydrogen-bond donors (Lipinski definition) is 2. The van der Waals surface area contributed by atoms with E-state index < -0.39 is 0 Å². The van der Waals surface area contributed by atoms with Crippen LogP contribution in [-0.4, -0.2) is 104 Å². The monoisotopic (exact) mass is 524 g/mol. The number of aromatic amines is 2. The molecule has 200 valence electrons. The van der Waals surface area contributed by atoms with Gasteiger partial charge in [-0.15, -0.1) is 0 Å². The number of nitrogens with zero attached hydrogens (tertiary/aromatic N) is 8. The quantitative estimate of drug-likeness (QED) is 0.331. The summed E-state index contributed by atoms with van der Waals surface area (Å²) < 4.78 is 6.03. The number of piperazine rings is 1. The van der Waals surface area contributed by atoms with Gasteiger partial charge in [-0.3, -0.25) is 15.0 Å². The SMILES string of the molecule is CN1CCN(c2nccc3[nH]c(-c4[nH]nc5ncc(-c6cncc(OCCN7CCCC7)c6)cc45)nc23)CC1. The first-order valence-corrected chi connectivity index (χ1v) is 13.6. The van der Waals surface area contributed by atoms with Crippen LogP contribution >= 0.6 is 0 Å². The highest BCUT2D eigenvalue weighted by Gasteiger charge is 2.21. The molecule has 5 aromatic heterocycles. The minimum atomic E-state index is 0.637. The lowest BCUT2D eigenvalue weighted by Crippen LogP contribution is -2.44. The summed E-state index contributed by atoms with van der Waals surface area (Å²) in [6.45, 7) is 7.81. The molecule has 0 radical (unpaired) electrons. The van der Waals surface area contributed by atoms with Crippen LogP contribution in [-0.2, 0) is 0 Å². The van der Waals surface area contributed by atoms with E-state index in [0.717, 1.165) is 77.5 Å². The molecule has 11 nitrogen and oxygen atoms in total. The molecule has 2 aliphatic rings. The average Bonchev–Trinajstić information content (AvgIpc) is 3.73. The molecule has 39 heavy (non-hydrogen) atoms.